The Hall–Kier alpha value is -3.60. The summed E-state index contributed by atoms with van der Waals surface area (Å²) in [4.78, 5) is 29.9. The molecule has 3 atom stereocenters. The van der Waals surface area contributed by atoms with Crippen LogP contribution >= 0.6 is 11.6 Å². The first-order valence-corrected chi connectivity index (χ1v) is 15.3. The van der Waals surface area contributed by atoms with Crippen molar-refractivity contribution in [2.45, 2.75) is 62.7 Å². The van der Waals surface area contributed by atoms with Crippen molar-refractivity contribution < 1.29 is 27.4 Å². The van der Waals surface area contributed by atoms with Crippen LogP contribution in [0.1, 0.15) is 36.9 Å². The van der Waals surface area contributed by atoms with Crippen molar-refractivity contribution in [3.63, 3.8) is 0 Å². The molecule has 1 aromatic heterocycles. The highest BCUT2D eigenvalue weighted by molar-refractivity contribution is 6.33. The molecule has 2 fully saturated rings. The molecule has 3 aliphatic rings. The van der Waals surface area contributed by atoms with Gasteiger partial charge in [0, 0.05) is 31.7 Å². The minimum absolute atomic E-state index is 0.0723. The number of nitrogens with zero attached hydrogens (tertiary/aromatic N) is 7. The number of alkyl halides is 3. The maximum atomic E-state index is 13.0. The highest BCUT2D eigenvalue weighted by Crippen LogP contribution is 2.39. The van der Waals surface area contributed by atoms with Crippen LogP contribution in [0.3, 0.4) is 0 Å². The van der Waals surface area contributed by atoms with Crippen molar-refractivity contribution in [3.05, 3.63) is 53.2 Å². The fourth-order valence-corrected chi connectivity index (χ4v) is 6.83. The van der Waals surface area contributed by atoms with Gasteiger partial charge in [0.25, 0.3) is 0 Å². The Morgan fingerprint density at radius 1 is 1.24 bits per heavy atom. The van der Waals surface area contributed by atoms with Gasteiger partial charge in [0.05, 0.1) is 53.1 Å². The zero-order chi connectivity index (χ0) is 32.4. The lowest BCUT2D eigenvalue weighted by Crippen LogP contribution is -2.55. The summed E-state index contributed by atoms with van der Waals surface area (Å²) in [5.41, 5.74) is 1.89. The van der Waals surface area contributed by atoms with Crippen LogP contribution in [-0.4, -0.2) is 96.6 Å². The van der Waals surface area contributed by atoms with Crippen molar-refractivity contribution in [2.75, 3.05) is 56.7 Å². The zero-order valence-electron chi connectivity index (χ0n) is 25.4. The van der Waals surface area contributed by atoms with E-state index in [2.05, 4.69) is 27.2 Å². The number of hydrogen-bond acceptors (Lipinski definition) is 9. The lowest BCUT2D eigenvalue weighted by atomic mass is 9.97. The molecule has 5 rings (SSSR count). The third-order valence-electron chi connectivity index (χ3n) is 9.04. The standard InChI is InChI=1S/C31H37ClF3N7O3/c1-4-27(43)42-16-15-41(18-21(42)10-13-36)28-23-11-14-40(26-8-6-5-7-24(26)32)19-25(23)37-29(38-28)44-20-30(39(2)3)12-9-22(17-30)45-31(33,34)35/h4-8,21-22H,1,9-12,14-20H2,2-3H3/t21-,22?,30?/m0/s1. The Labute approximate surface area is 266 Å². The predicted molar refractivity (Wildman–Crippen MR) is 163 cm³/mol. The van der Waals surface area contributed by atoms with E-state index < -0.39 is 18.0 Å². The number of benzene rings is 1. The number of fused-ring (bicyclic) bond motifs is 1. The fourth-order valence-electron chi connectivity index (χ4n) is 6.58. The molecule has 1 saturated heterocycles. The van der Waals surface area contributed by atoms with Crippen molar-refractivity contribution in [1.82, 2.24) is 19.8 Å². The molecular weight excluding hydrogens is 611 g/mol. The monoisotopic (exact) mass is 647 g/mol. The summed E-state index contributed by atoms with van der Waals surface area (Å²) in [6.45, 7) is 6.06. The van der Waals surface area contributed by atoms with Gasteiger partial charge in [-0.15, -0.1) is 13.2 Å². The van der Waals surface area contributed by atoms with E-state index in [0.29, 0.717) is 56.4 Å². The van der Waals surface area contributed by atoms with Crippen LogP contribution < -0.4 is 14.5 Å². The van der Waals surface area contributed by atoms with Crippen molar-refractivity contribution in [2.24, 2.45) is 0 Å². The number of halogens is 4. The Bertz CT molecular complexity index is 1450. The molecule has 10 nitrogen and oxygen atoms in total. The van der Waals surface area contributed by atoms with Gasteiger partial charge in [-0.05, 0) is 58.0 Å². The average molecular weight is 648 g/mol. The normalized spacial score (nSPS) is 23.6. The van der Waals surface area contributed by atoms with E-state index in [1.54, 1.807) is 4.90 Å². The third kappa shape index (κ3) is 7.29. The number of amides is 1. The second-order valence-electron chi connectivity index (χ2n) is 11.9. The van der Waals surface area contributed by atoms with E-state index in [0.717, 1.165) is 16.9 Å². The molecule has 0 radical (unpaired) electrons. The van der Waals surface area contributed by atoms with Crippen molar-refractivity contribution in [1.29, 1.82) is 5.26 Å². The molecule has 3 heterocycles. The van der Waals surface area contributed by atoms with Gasteiger partial charge in [0.15, 0.2) is 0 Å². The summed E-state index contributed by atoms with van der Waals surface area (Å²) in [6, 6.07) is 9.54. The molecule has 1 saturated carbocycles. The molecule has 0 N–H and O–H groups in total. The van der Waals surface area contributed by atoms with Crippen LogP contribution in [0.25, 0.3) is 0 Å². The number of aromatic nitrogens is 2. The predicted octanol–water partition coefficient (Wildman–Crippen LogP) is 4.58. The van der Waals surface area contributed by atoms with Gasteiger partial charge in [-0.1, -0.05) is 30.3 Å². The summed E-state index contributed by atoms with van der Waals surface area (Å²) in [7, 11) is 3.64. The first-order valence-electron chi connectivity index (χ1n) is 14.9. The Morgan fingerprint density at radius 2 is 2.02 bits per heavy atom. The molecular formula is C31H37ClF3N7O3. The number of hydrogen-bond donors (Lipinski definition) is 0. The number of ether oxygens (including phenoxy) is 2. The van der Waals surface area contributed by atoms with E-state index >= 15 is 0 Å². The lowest BCUT2D eigenvalue weighted by molar-refractivity contribution is -0.342. The molecule has 1 aromatic carbocycles. The SMILES string of the molecule is C=CC(=O)N1CCN(c2nc(OCC3(N(C)C)CCC(OC(F)(F)F)C3)nc3c2CCN(c2ccccc2Cl)C3)C[C@@H]1CC#N. The number of nitriles is 1. The van der Waals surface area contributed by atoms with Crippen molar-refractivity contribution >= 4 is 29.0 Å². The molecule has 1 amide bonds. The molecule has 1 aliphatic carbocycles. The smallest absolute Gasteiger partial charge is 0.461 e. The number of para-hydroxylation sites is 1. The summed E-state index contributed by atoms with van der Waals surface area (Å²) < 4.78 is 49.6. The average Bonchev–Trinajstić information content (AvgIpc) is 3.42. The van der Waals surface area contributed by atoms with Gasteiger partial charge in [-0.3, -0.25) is 9.53 Å². The molecule has 242 valence electrons. The lowest BCUT2D eigenvalue weighted by Gasteiger charge is -2.42. The maximum Gasteiger partial charge on any atom is 0.522 e. The molecule has 2 unspecified atom stereocenters. The van der Waals surface area contributed by atoms with E-state index in [9.17, 15) is 23.2 Å². The van der Waals surface area contributed by atoms with Gasteiger partial charge >= 0.3 is 12.4 Å². The van der Waals surface area contributed by atoms with Gasteiger partial charge < -0.3 is 24.3 Å². The fraction of sp³-hybridized carbons (Fsp3) is 0.548. The van der Waals surface area contributed by atoms with Crippen LogP contribution in [0.2, 0.25) is 5.02 Å². The zero-order valence-corrected chi connectivity index (χ0v) is 26.1. The van der Waals surface area contributed by atoms with Crippen LogP contribution in [0.5, 0.6) is 6.01 Å². The van der Waals surface area contributed by atoms with E-state index in [4.69, 9.17) is 26.3 Å². The second kappa shape index (κ2) is 13.4. The largest absolute Gasteiger partial charge is 0.522 e. The Kier molecular flexibility index (Phi) is 9.77. The summed E-state index contributed by atoms with van der Waals surface area (Å²) in [5, 5.41) is 10.1. The van der Waals surface area contributed by atoms with Gasteiger partial charge in [0.2, 0.25) is 5.91 Å². The molecule has 2 aliphatic heterocycles. The Morgan fingerprint density at radius 3 is 2.71 bits per heavy atom. The molecule has 0 bridgehead atoms. The number of rotatable bonds is 9. The maximum absolute atomic E-state index is 13.0. The highest BCUT2D eigenvalue weighted by Gasteiger charge is 2.46. The summed E-state index contributed by atoms with van der Waals surface area (Å²) in [5.74, 6) is 0.448. The number of anilines is 2. The van der Waals surface area contributed by atoms with Gasteiger partial charge in [0.1, 0.15) is 12.4 Å². The minimum Gasteiger partial charge on any atom is -0.461 e. The van der Waals surface area contributed by atoms with Gasteiger partial charge in [-0.25, -0.2) is 0 Å². The summed E-state index contributed by atoms with van der Waals surface area (Å²) >= 11 is 6.53. The quantitative estimate of drug-likeness (QED) is 0.363. The number of piperazine rings is 1. The van der Waals surface area contributed by atoms with E-state index in [-0.39, 0.29) is 43.8 Å². The molecule has 0 spiro atoms. The first-order chi connectivity index (χ1) is 21.4. The van der Waals surface area contributed by atoms with Crippen LogP contribution in [0.4, 0.5) is 24.7 Å². The number of carbonyl (C=O) groups is 1. The van der Waals surface area contributed by atoms with Crippen LogP contribution in [0.15, 0.2) is 36.9 Å². The van der Waals surface area contributed by atoms with Gasteiger partial charge in [-0.2, -0.15) is 15.2 Å². The molecule has 2 aromatic rings. The van der Waals surface area contributed by atoms with Crippen LogP contribution in [-0.2, 0) is 22.5 Å². The highest BCUT2D eigenvalue weighted by atomic mass is 35.5. The molecule has 45 heavy (non-hydrogen) atoms. The second-order valence-corrected chi connectivity index (χ2v) is 12.3. The van der Waals surface area contributed by atoms with E-state index in [1.165, 1.54) is 6.08 Å². The van der Waals surface area contributed by atoms with Crippen molar-refractivity contribution in [3.8, 4) is 12.1 Å². The topological polar surface area (TPSA) is 98.1 Å². The Balaban J connectivity index is 1.45. The first kappa shape index (κ1) is 32.8. The number of carbonyl (C=O) groups excluding carboxylic acids is 1. The molecule has 14 heteroatoms. The number of likely N-dealkylation sites (N-methyl/N-ethyl adjacent to an activating group) is 1. The van der Waals surface area contributed by atoms with E-state index in [1.807, 2.05) is 43.3 Å². The third-order valence-corrected chi connectivity index (χ3v) is 9.36. The minimum atomic E-state index is -4.71. The summed E-state index contributed by atoms with van der Waals surface area (Å²) in [6.07, 6.45) is -2.79. The van der Waals surface area contributed by atoms with Crippen LogP contribution in [0, 0.1) is 11.3 Å².